The third-order valence-corrected chi connectivity index (χ3v) is 6.10. The Balaban J connectivity index is 0.00000320. The van der Waals surface area contributed by atoms with Crippen molar-refractivity contribution < 1.29 is 13.2 Å². The Morgan fingerprint density at radius 1 is 1.40 bits per heavy atom. The van der Waals surface area contributed by atoms with Crippen molar-refractivity contribution in [3.05, 3.63) is 42.0 Å². The average Bonchev–Trinajstić information content (AvgIpc) is 3.19. The molecule has 3 rings (SSSR count). The molecule has 0 saturated heterocycles. The smallest absolute Gasteiger partial charge is 0.240 e. The van der Waals surface area contributed by atoms with Gasteiger partial charge in [0, 0.05) is 39.7 Å². The minimum atomic E-state index is -3.56. The lowest BCUT2D eigenvalue weighted by atomic mass is 10.1. The highest BCUT2D eigenvalue weighted by Gasteiger charge is 2.20. The molecule has 10 nitrogen and oxygen atoms in total. The highest BCUT2D eigenvalue weighted by molar-refractivity contribution is 14.0. The Morgan fingerprint density at radius 2 is 2.23 bits per heavy atom. The lowest BCUT2D eigenvalue weighted by Crippen LogP contribution is -2.46. The standard InChI is InChI=1S/C18H27N7O3S.HI/c1-19-18(24-15-6-7-17-21-13-22-25(17)12-15)20-11-14-4-3-5-16(10-14)29(26,27)23-8-9-28-2;/h3-5,10,13,15,23H,6-9,11-12H2,1-2H3,(H2,19,20,24);1H. The summed E-state index contributed by atoms with van der Waals surface area (Å²) in [6, 6.07) is 7.02. The van der Waals surface area contributed by atoms with Crippen LogP contribution < -0.4 is 15.4 Å². The van der Waals surface area contributed by atoms with E-state index in [0.29, 0.717) is 19.1 Å². The Bertz CT molecular complexity index is 949. The van der Waals surface area contributed by atoms with Gasteiger partial charge in [-0.05, 0) is 24.1 Å². The van der Waals surface area contributed by atoms with Crippen molar-refractivity contribution in [3.8, 4) is 0 Å². The first-order valence-electron chi connectivity index (χ1n) is 9.43. The number of aliphatic imine (C=N–C) groups is 1. The molecule has 2 aromatic rings. The van der Waals surface area contributed by atoms with E-state index in [2.05, 4.69) is 30.4 Å². The van der Waals surface area contributed by atoms with Crippen LogP contribution in [0.1, 0.15) is 17.8 Å². The SMILES string of the molecule is CN=C(NCc1cccc(S(=O)(=O)NCCOC)c1)NC1CCc2ncnn2C1.I. The van der Waals surface area contributed by atoms with Gasteiger partial charge in [-0.3, -0.25) is 4.99 Å². The highest BCUT2D eigenvalue weighted by Crippen LogP contribution is 2.12. The fourth-order valence-electron chi connectivity index (χ4n) is 3.11. The lowest BCUT2D eigenvalue weighted by molar-refractivity contribution is 0.204. The summed E-state index contributed by atoms with van der Waals surface area (Å²) in [6.07, 6.45) is 3.39. The summed E-state index contributed by atoms with van der Waals surface area (Å²) in [5.41, 5.74) is 0.838. The molecule has 30 heavy (non-hydrogen) atoms. The maximum Gasteiger partial charge on any atom is 0.240 e. The number of nitrogens with zero attached hydrogens (tertiary/aromatic N) is 4. The highest BCUT2D eigenvalue weighted by atomic mass is 127. The zero-order valence-electron chi connectivity index (χ0n) is 17.0. The topological polar surface area (TPSA) is 123 Å². The summed E-state index contributed by atoms with van der Waals surface area (Å²) >= 11 is 0. The van der Waals surface area contributed by atoms with Crippen LogP contribution in [-0.4, -0.2) is 62.5 Å². The quantitative estimate of drug-likeness (QED) is 0.190. The van der Waals surface area contributed by atoms with E-state index in [-0.39, 0.29) is 41.5 Å². The lowest BCUT2D eigenvalue weighted by Gasteiger charge is -2.25. The van der Waals surface area contributed by atoms with Crippen molar-refractivity contribution in [2.24, 2.45) is 4.99 Å². The Morgan fingerprint density at radius 3 is 3.00 bits per heavy atom. The largest absolute Gasteiger partial charge is 0.383 e. The summed E-state index contributed by atoms with van der Waals surface area (Å²) in [4.78, 5) is 8.73. The number of aryl methyl sites for hydroxylation is 1. The van der Waals surface area contributed by atoms with Crippen LogP contribution in [0.5, 0.6) is 0 Å². The number of nitrogens with one attached hydrogen (secondary N) is 3. The molecule has 0 radical (unpaired) electrons. The van der Waals surface area contributed by atoms with E-state index >= 15 is 0 Å². The number of ether oxygens (including phenoxy) is 1. The number of hydrogen-bond acceptors (Lipinski definition) is 6. The van der Waals surface area contributed by atoms with Crippen LogP contribution in [0.2, 0.25) is 0 Å². The summed E-state index contributed by atoms with van der Waals surface area (Å²) in [6.45, 7) is 1.73. The molecular weight excluding hydrogens is 521 g/mol. The molecule has 0 saturated carbocycles. The molecule has 1 aliphatic rings. The zero-order chi connectivity index (χ0) is 20.7. The Kier molecular flexibility index (Phi) is 9.45. The normalized spacial score (nSPS) is 16.5. The van der Waals surface area contributed by atoms with E-state index in [1.807, 2.05) is 10.7 Å². The van der Waals surface area contributed by atoms with Crippen LogP contribution in [0.4, 0.5) is 0 Å². The van der Waals surface area contributed by atoms with Gasteiger partial charge in [-0.2, -0.15) is 5.10 Å². The summed E-state index contributed by atoms with van der Waals surface area (Å²) in [5.74, 6) is 1.66. The second-order valence-electron chi connectivity index (χ2n) is 6.70. The number of benzene rings is 1. The number of aromatic nitrogens is 3. The first-order chi connectivity index (χ1) is 14.0. The second kappa shape index (κ2) is 11.6. The second-order valence-corrected chi connectivity index (χ2v) is 8.47. The summed E-state index contributed by atoms with van der Waals surface area (Å²) in [7, 11) is -0.329. The number of guanidine groups is 1. The first-order valence-corrected chi connectivity index (χ1v) is 10.9. The molecule has 0 bridgehead atoms. The number of rotatable bonds is 8. The number of sulfonamides is 1. The first kappa shape index (κ1) is 24.5. The van der Waals surface area contributed by atoms with Crippen molar-refractivity contribution in [1.29, 1.82) is 0 Å². The third kappa shape index (κ3) is 6.62. The predicted octanol–water partition coefficient (Wildman–Crippen LogP) is 0.501. The predicted molar refractivity (Wildman–Crippen MR) is 124 cm³/mol. The van der Waals surface area contributed by atoms with Crippen molar-refractivity contribution in [3.63, 3.8) is 0 Å². The zero-order valence-corrected chi connectivity index (χ0v) is 20.2. The molecule has 1 unspecified atom stereocenters. The maximum atomic E-state index is 12.4. The third-order valence-electron chi connectivity index (χ3n) is 4.64. The molecule has 1 aromatic carbocycles. The van der Waals surface area contributed by atoms with Crippen LogP contribution in [0, 0.1) is 0 Å². The van der Waals surface area contributed by atoms with Crippen LogP contribution >= 0.6 is 24.0 Å². The minimum absolute atomic E-state index is 0. The molecule has 1 aliphatic heterocycles. The van der Waals surface area contributed by atoms with Crippen LogP contribution in [0.3, 0.4) is 0 Å². The monoisotopic (exact) mass is 549 g/mol. The van der Waals surface area contributed by atoms with Gasteiger partial charge in [0.1, 0.15) is 12.2 Å². The minimum Gasteiger partial charge on any atom is -0.383 e. The van der Waals surface area contributed by atoms with Gasteiger partial charge in [-0.1, -0.05) is 12.1 Å². The molecule has 3 N–H and O–H groups in total. The fourth-order valence-corrected chi connectivity index (χ4v) is 4.20. The number of fused-ring (bicyclic) bond motifs is 1. The van der Waals surface area contributed by atoms with Crippen molar-refractivity contribution >= 4 is 40.0 Å². The Labute approximate surface area is 194 Å². The maximum absolute atomic E-state index is 12.4. The van der Waals surface area contributed by atoms with Gasteiger partial charge in [0.15, 0.2) is 5.96 Å². The van der Waals surface area contributed by atoms with E-state index in [0.717, 1.165) is 30.8 Å². The van der Waals surface area contributed by atoms with Gasteiger partial charge < -0.3 is 15.4 Å². The molecule has 0 fully saturated rings. The van der Waals surface area contributed by atoms with E-state index < -0.39 is 10.0 Å². The molecular formula is C18H28IN7O3S. The van der Waals surface area contributed by atoms with Gasteiger partial charge >= 0.3 is 0 Å². The van der Waals surface area contributed by atoms with Crippen molar-refractivity contribution in [1.82, 2.24) is 30.1 Å². The molecule has 1 aromatic heterocycles. The molecule has 0 amide bonds. The summed E-state index contributed by atoms with van der Waals surface area (Å²) < 4.78 is 34.0. The number of hydrogen-bond donors (Lipinski definition) is 3. The van der Waals surface area contributed by atoms with Crippen molar-refractivity contribution in [2.75, 3.05) is 27.3 Å². The number of methoxy groups -OCH3 is 1. The van der Waals surface area contributed by atoms with Crippen molar-refractivity contribution in [2.45, 2.75) is 36.9 Å². The molecule has 166 valence electrons. The van der Waals surface area contributed by atoms with E-state index in [9.17, 15) is 8.42 Å². The van der Waals surface area contributed by atoms with Crippen LogP contribution in [0.25, 0.3) is 0 Å². The van der Waals surface area contributed by atoms with Gasteiger partial charge in [0.25, 0.3) is 0 Å². The Hall–Kier alpha value is -1.77. The molecule has 1 atom stereocenters. The van der Waals surface area contributed by atoms with Gasteiger partial charge in [-0.25, -0.2) is 22.8 Å². The van der Waals surface area contributed by atoms with E-state index in [1.165, 1.54) is 7.11 Å². The fraction of sp³-hybridized carbons (Fsp3) is 0.500. The van der Waals surface area contributed by atoms with Crippen LogP contribution in [0.15, 0.2) is 40.5 Å². The molecule has 2 heterocycles. The molecule has 12 heteroatoms. The van der Waals surface area contributed by atoms with E-state index in [4.69, 9.17) is 4.74 Å². The molecule has 0 spiro atoms. The average molecular weight is 549 g/mol. The van der Waals surface area contributed by atoms with Gasteiger partial charge in [0.2, 0.25) is 10.0 Å². The van der Waals surface area contributed by atoms with Gasteiger partial charge in [0.05, 0.1) is 18.0 Å². The summed E-state index contributed by atoms with van der Waals surface area (Å²) in [5, 5.41) is 10.9. The number of halogens is 1. The van der Waals surface area contributed by atoms with E-state index in [1.54, 1.807) is 31.6 Å². The molecule has 0 aliphatic carbocycles. The van der Waals surface area contributed by atoms with Crippen LogP contribution in [-0.2, 0) is 34.3 Å². The van der Waals surface area contributed by atoms with Gasteiger partial charge in [-0.15, -0.1) is 24.0 Å².